The summed E-state index contributed by atoms with van der Waals surface area (Å²) in [5.74, 6) is 0. The van der Waals surface area contributed by atoms with E-state index in [4.69, 9.17) is 4.79 Å². The van der Waals surface area contributed by atoms with Crippen LogP contribution in [0.1, 0.15) is 0 Å². The minimum atomic E-state index is -0.861. The minimum Gasteiger partial charge on any atom is -1.00 e. The Bertz CT molecular complexity index is 39.0. The molecule has 0 aliphatic rings. The Balaban J connectivity index is -0.00000000750. The van der Waals surface area contributed by atoms with E-state index in [9.17, 15) is 0 Å². The summed E-state index contributed by atoms with van der Waals surface area (Å²) in [6, 6.07) is 0. The molecule has 0 rings (SSSR count). The third-order valence-electron chi connectivity index (χ3n) is 0. The quantitative estimate of drug-likeness (QED) is 0.242. The van der Waals surface area contributed by atoms with Gasteiger partial charge in [0.15, 0.2) is 0 Å². The van der Waals surface area contributed by atoms with Gasteiger partial charge in [0.25, 0.3) is 0 Å². The molecule has 0 aromatic carbocycles. The maximum absolute atomic E-state index is 8.99. The standard InChI is InChI=1S/CH2ClNO.Al.3ClH/c2-1(3)4;;;;/h(H2,3,4);;3*1H/q;+3;;;/p-3. The molecule has 2 nitrogen and oxygen atoms in total. The largest absolute Gasteiger partial charge is 3.00 e. The van der Waals surface area contributed by atoms with E-state index in [-0.39, 0.29) is 54.6 Å². The van der Waals surface area contributed by atoms with Crippen LogP contribution in [0.2, 0.25) is 0 Å². The van der Waals surface area contributed by atoms with Crippen molar-refractivity contribution in [2.75, 3.05) is 0 Å². The van der Waals surface area contributed by atoms with Crippen molar-refractivity contribution in [2.24, 2.45) is 5.73 Å². The predicted octanol–water partition coefficient (Wildman–Crippen LogP) is -9.06. The molecule has 0 aliphatic carbocycles. The molecule has 0 unspecified atom stereocenters. The summed E-state index contributed by atoms with van der Waals surface area (Å²) in [6.07, 6.45) is 0. The van der Waals surface area contributed by atoms with E-state index >= 15 is 0 Å². The van der Waals surface area contributed by atoms with Gasteiger partial charge in [-0.3, -0.25) is 4.79 Å². The van der Waals surface area contributed by atoms with E-state index in [0.29, 0.717) is 0 Å². The molecule has 8 heavy (non-hydrogen) atoms. The first kappa shape index (κ1) is 35.2. The molecular formula is CH2AlCl4NO. The van der Waals surface area contributed by atoms with Crippen LogP contribution >= 0.6 is 11.6 Å². The first-order valence-electron chi connectivity index (χ1n) is 0.682. The van der Waals surface area contributed by atoms with Crippen LogP contribution in [0.5, 0.6) is 0 Å². The first-order chi connectivity index (χ1) is 1.73. The second-order valence-electron chi connectivity index (χ2n) is 0.304. The number of rotatable bonds is 0. The van der Waals surface area contributed by atoms with Crippen molar-refractivity contribution in [3.8, 4) is 0 Å². The van der Waals surface area contributed by atoms with Crippen molar-refractivity contribution in [1.29, 1.82) is 0 Å². The molecule has 0 saturated carbocycles. The molecule has 0 aliphatic heterocycles. The molecule has 2 N–H and O–H groups in total. The van der Waals surface area contributed by atoms with Gasteiger partial charge in [-0.15, -0.1) is 0 Å². The van der Waals surface area contributed by atoms with Gasteiger partial charge in [0, 0.05) is 0 Å². The smallest absolute Gasteiger partial charge is 1.00 e. The van der Waals surface area contributed by atoms with Crippen LogP contribution in [0, 0.1) is 0 Å². The summed E-state index contributed by atoms with van der Waals surface area (Å²) in [5.41, 5.74) is 4.24. The zero-order chi connectivity index (χ0) is 3.58. The number of carbonyl (C=O) groups excluding carboxylic acids is 1. The summed E-state index contributed by atoms with van der Waals surface area (Å²) >= 11 is 4.41. The second kappa shape index (κ2) is 24.2. The van der Waals surface area contributed by atoms with Gasteiger partial charge >= 0.3 is 22.7 Å². The maximum atomic E-state index is 8.99. The number of halogens is 4. The van der Waals surface area contributed by atoms with Gasteiger partial charge in [0.05, 0.1) is 0 Å². The summed E-state index contributed by atoms with van der Waals surface area (Å²) in [4.78, 5) is 8.99. The SMILES string of the molecule is NC(=O)Cl.[Al+3].[Cl-].[Cl-].[Cl-]. The van der Waals surface area contributed by atoms with Crippen LogP contribution in [0.3, 0.4) is 0 Å². The summed E-state index contributed by atoms with van der Waals surface area (Å²) in [6.45, 7) is 0. The van der Waals surface area contributed by atoms with Crippen molar-refractivity contribution >= 4 is 34.3 Å². The molecule has 0 bridgehead atoms. The molecule has 0 aromatic heterocycles. The van der Waals surface area contributed by atoms with E-state index in [2.05, 4.69) is 17.3 Å². The van der Waals surface area contributed by atoms with E-state index in [0.717, 1.165) is 0 Å². The zero-order valence-electron chi connectivity index (χ0n) is 3.57. The number of amides is 1. The number of carbonyl (C=O) groups is 1. The Morgan fingerprint density at radius 2 is 1.25 bits per heavy atom. The normalized spacial score (nSPS) is 3.12. The molecule has 0 atom stereocenters. The van der Waals surface area contributed by atoms with Gasteiger partial charge in [0.2, 0.25) is 0 Å². The van der Waals surface area contributed by atoms with Crippen molar-refractivity contribution in [2.45, 2.75) is 0 Å². The average Bonchev–Trinajstić information content (AvgIpc) is 0.811. The van der Waals surface area contributed by atoms with Crippen LogP contribution in [-0.4, -0.2) is 22.7 Å². The third-order valence-corrected chi connectivity index (χ3v) is 0. The molecule has 48 valence electrons. The maximum Gasteiger partial charge on any atom is 3.00 e. The zero-order valence-corrected chi connectivity index (χ0v) is 7.75. The fourth-order valence-corrected chi connectivity index (χ4v) is 0. The predicted molar refractivity (Wildman–Crippen MR) is 21.2 cm³/mol. The molecule has 0 spiro atoms. The van der Waals surface area contributed by atoms with E-state index in [1.54, 1.807) is 0 Å². The molecular weight excluding hydrogens is 211 g/mol. The Labute approximate surface area is 81.9 Å². The third kappa shape index (κ3) is 201. The van der Waals surface area contributed by atoms with Crippen LogP contribution < -0.4 is 43.0 Å². The van der Waals surface area contributed by atoms with Gasteiger partial charge < -0.3 is 43.0 Å². The molecule has 0 aromatic rings. The molecule has 0 heterocycles. The van der Waals surface area contributed by atoms with Crippen LogP contribution in [0.15, 0.2) is 0 Å². The summed E-state index contributed by atoms with van der Waals surface area (Å²) < 4.78 is 0. The van der Waals surface area contributed by atoms with Crippen LogP contribution in [0.4, 0.5) is 4.79 Å². The van der Waals surface area contributed by atoms with Crippen LogP contribution in [0.25, 0.3) is 0 Å². The number of primary amides is 1. The molecule has 0 fully saturated rings. The van der Waals surface area contributed by atoms with E-state index in [1.165, 1.54) is 0 Å². The number of hydrogen-bond donors (Lipinski definition) is 1. The Morgan fingerprint density at radius 3 is 1.25 bits per heavy atom. The van der Waals surface area contributed by atoms with Crippen molar-refractivity contribution < 1.29 is 42.0 Å². The van der Waals surface area contributed by atoms with Crippen molar-refractivity contribution in [1.82, 2.24) is 0 Å². The second-order valence-corrected chi connectivity index (χ2v) is 0.677. The Hall–Kier alpha value is 1.16. The van der Waals surface area contributed by atoms with Crippen LogP contribution in [-0.2, 0) is 0 Å². The molecule has 0 radical (unpaired) electrons. The molecule has 7 heteroatoms. The fourth-order valence-electron chi connectivity index (χ4n) is 0. The summed E-state index contributed by atoms with van der Waals surface area (Å²) in [7, 11) is 0. The van der Waals surface area contributed by atoms with Gasteiger partial charge in [-0.25, -0.2) is 0 Å². The van der Waals surface area contributed by atoms with Crippen molar-refractivity contribution in [3.63, 3.8) is 0 Å². The number of nitrogens with two attached hydrogens (primary N) is 1. The van der Waals surface area contributed by atoms with Crippen molar-refractivity contribution in [3.05, 3.63) is 0 Å². The number of hydrogen-bond acceptors (Lipinski definition) is 1. The van der Waals surface area contributed by atoms with Gasteiger partial charge in [-0.1, -0.05) is 0 Å². The topological polar surface area (TPSA) is 43.1 Å². The van der Waals surface area contributed by atoms with Gasteiger partial charge in [0.1, 0.15) is 0 Å². The fraction of sp³-hybridized carbons (Fsp3) is 0. The van der Waals surface area contributed by atoms with E-state index < -0.39 is 5.37 Å². The van der Waals surface area contributed by atoms with E-state index in [1.807, 2.05) is 0 Å². The molecule has 1 amide bonds. The summed E-state index contributed by atoms with van der Waals surface area (Å²) in [5, 5.41) is -0.861. The Kier molecular flexibility index (Phi) is 106. The Morgan fingerprint density at radius 1 is 1.25 bits per heavy atom. The minimum absolute atomic E-state index is 0. The van der Waals surface area contributed by atoms with Gasteiger partial charge in [-0.05, 0) is 11.6 Å². The first-order valence-corrected chi connectivity index (χ1v) is 1.06. The monoisotopic (exact) mass is 211 g/mol. The van der Waals surface area contributed by atoms with Gasteiger partial charge in [-0.2, -0.15) is 0 Å². The molecule has 0 saturated heterocycles. The average molecular weight is 213 g/mol.